The molecule has 1 saturated heterocycles. The van der Waals surface area contributed by atoms with E-state index in [9.17, 15) is 9.90 Å². The Morgan fingerprint density at radius 1 is 1.53 bits per heavy atom. The summed E-state index contributed by atoms with van der Waals surface area (Å²) in [6.07, 6.45) is 3.58. The summed E-state index contributed by atoms with van der Waals surface area (Å²) in [6.45, 7) is 2.51. The van der Waals surface area contributed by atoms with Crippen molar-refractivity contribution < 1.29 is 19.4 Å². The molecule has 2 atom stereocenters. The summed E-state index contributed by atoms with van der Waals surface area (Å²) in [7, 11) is 0. The summed E-state index contributed by atoms with van der Waals surface area (Å²) in [6, 6.07) is 0. The number of esters is 1. The highest BCUT2D eigenvalue weighted by Crippen LogP contribution is 2.15. The number of carbonyl (C=O) groups is 1. The van der Waals surface area contributed by atoms with Crippen molar-refractivity contribution in [2.75, 3.05) is 6.61 Å². The van der Waals surface area contributed by atoms with Crippen molar-refractivity contribution in [1.29, 1.82) is 0 Å². The molecule has 0 spiro atoms. The van der Waals surface area contributed by atoms with Gasteiger partial charge in [-0.25, -0.2) is 0 Å². The molecule has 0 aliphatic carbocycles. The molecule has 1 fully saturated rings. The van der Waals surface area contributed by atoms with Gasteiger partial charge in [-0.05, 0) is 31.5 Å². The first-order valence-electron chi connectivity index (χ1n) is 6.17. The van der Waals surface area contributed by atoms with Crippen molar-refractivity contribution in [3.8, 4) is 0 Å². The van der Waals surface area contributed by atoms with Gasteiger partial charge in [0.1, 0.15) is 6.10 Å². The Bertz CT molecular complexity index is 267. The minimum atomic E-state index is -1.03. The normalized spacial score (nSPS) is 27.2. The van der Waals surface area contributed by atoms with Crippen LogP contribution in [-0.2, 0) is 14.3 Å². The Morgan fingerprint density at radius 2 is 2.29 bits per heavy atom. The highest BCUT2D eigenvalue weighted by atomic mass is 32.1. The third kappa shape index (κ3) is 5.46. The van der Waals surface area contributed by atoms with Crippen LogP contribution in [0.5, 0.6) is 0 Å². The van der Waals surface area contributed by atoms with Crippen LogP contribution in [0, 0.1) is 0 Å². The van der Waals surface area contributed by atoms with Gasteiger partial charge in [0.15, 0.2) is 5.05 Å². The Hall–Kier alpha value is -0.680. The quantitative estimate of drug-likeness (QED) is 0.621. The van der Waals surface area contributed by atoms with Crippen LogP contribution in [0.4, 0.5) is 0 Å². The lowest BCUT2D eigenvalue weighted by Crippen LogP contribution is -2.31. The van der Waals surface area contributed by atoms with E-state index in [0.29, 0.717) is 6.61 Å². The predicted octanol–water partition coefficient (Wildman–Crippen LogP) is 1.98. The number of hydrogen-bond donors (Lipinski definition) is 1. The molecular weight excluding hydrogens is 240 g/mol. The number of rotatable bonds is 3. The summed E-state index contributed by atoms with van der Waals surface area (Å²) < 4.78 is 10.5. The molecule has 0 aromatic heterocycles. The molecule has 0 bridgehead atoms. The number of cyclic esters (lactones) is 1. The summed E-state index contributed by atoms with van der Waals surface area (Å²) in [5.74, 6) is -0.421. The molecule has 1 heterocycles. The molecular formula is C12H20O4S. The van der Waals surface area contributed by atoms with Crippen molar-refractivity contribution in [2.45, 2.75) is 57.7 Å². The minimum absolute atomic E-state index is 0.0360. The fraction of sp³-hybridized carbons (Fsp3) is 0.833. The summed E-state index contributed by atoms with van der Waals surface area (Å²) in [5, 5.41) is 9.76. The Labute approximate surface area is 107 Å². The highest BCUT2D eigenvalue weighted by Gasteiger charge is 2.22. The molecule has 0 aromatic rings. The number of aliphatic hydroxyl groups is 1. The number of aliphatic hydroxyl groups excluding tert-OH is 1. The molecule has 0 saturated carbocycles. The van der Waals surface area contributed by atoms with Crippen LogP contribution in [0.2, 0.25) is 0 Å². The molecule has 1 N–H and O–H groups in total. The number of hydrogen-bond acceptors (Lipinski definition) is 5. The number of ether oxygens (including phenoxy) is 2. The molecule has 98 valence electrons. The largest absolute Gasteiger partial charge is 0.481 e. The number of thiocarbonyl (C=S) groups is 1. The van der Waals surface area contributed by atoms with Gasteiger partial charge in [0, 0.05) is 0 Å². The maximum absolute atomic E-state index is 11.2. The molecule has 0 amide bonds. The molecule has 0 radical (unpaired) electrons. The van der Waals surface area contributed by atoms with Gasteiger partial charge in [0.2, 0.25) is 0 Å². The van der Waals surface area contributed by atoms with Gasteiger partial charge in [-0.1, -0.05) is 19.8 Å². The zero-order chi connectivity index (χ0) is 12.7. The van der Waals surface area contributed by atoms with Crippen LogP contribution in [-0.4, -0.2) is 34.9 Å². The van der Waals surface area contributed by atoms with E-state index in [0.717, 1.165) is 32.1 Å². The summed E-state index contributed by atoms with van der Waals surface area (Å²) in [4.78, 5) is 11.2. The monoisotopic (exact) mass is 260 g/mol. The summed E-state index contributed by atoms with van der Waals surface area (Å²) >= 11 is 4.98. The smallest absolute Gasteiger partial charge is 0.308 e. The Kier molecular flexibility index (Phi) is 6.44. The van der Waals surface area contributed by atoms with Crippen molar-refractivity contribution in [2.24, 2.45) is 0 Å². The third-order valence-corrected chi connectivity index (χ3v) is 3.10. The van der Waals surface area contributed by atoms with E-state index in [1.54, 1.807) is 0 Å². The molecule has 1 rings (SSSR count). The second-order valence-corrected chi connectivity index (χ2v) is 4.69. The lowest BCUT2D eigenvalue weighted by molar-refractivity contribution is -0.145. The zero-order valence-corrected chi connectivity index (χ0v) is 11.0. The van der Waals surface area contributed by atoms with Gasteiger partial charge < -0.3 is 14.6 Å². The Morgan fingerprint density at radius 3 is 3.00 bits per heavy atom. The van der Waals surface area contributed by atoms with Crippen LogP contribution < -0.4 is 0 Å². The van der Waals surface area contributed by atoms with Crippen molar-refractivity contribution >= 4 is 23.2 Å². The van der Waals surface area contributed by atoms with Crippen LogP contribution in [0.1, 0.15) is 45.4 Å². The van der Waals surface area contributed by atoms with Gasteiger partial charge in [-0.2, -0.15) is 0 Å². The molecule has 2 unspecified atom stereocenters. The average Bonchev–Trinajstić information content (AvgIpc) is 2.30. The van der Waals surface area contributed by atoms with Crippen LogP contribution in [0.15, 0.2) is 0 Å². The highest BCUT2D eigenvalue weighted by molar-refractivity contribution is 7.80. The van der Waals surface area contributed by atoms with Gasteiger partial charge in [0.25, 0.3) is 0 Å². The van der Waals surface area contributed by atoms with Gasteiger partial charge >= 0.3 is 5.97 Å². The maximum Gasteiger partial charge on any atom is 0.308 e. The van der Waals surface area contributed by atoms with E-state index in [4.69, 9.17) is 21.7 Å². The van der Waals surface area contributed by atoms with Crippen LogP contribution >= 0.6 is 12.2 Å². The lowest BCUT2D eigenvalue weighted by atomic mass is 10.1. The predicted molar refractivity (Wildman–Crippen MR) is 67.8 cm³/mol. The van der Waals surface area contributed by atoms with Gasteiger partial charge in [0.05, 0.1) is 19.1 Å². The lowest BCUT2D eigenvalue weighted by Gasteiger charge is -2.23. The minimum Gasteiger partial charge on any atom is -0.481 e. The molecule has 5 heteroatoms. The van der Waals surface area contributed by atoms with E-state index >= 15 is 0 Å². The van der Waals surface area contributed by atoms with E-state index in [-0.39, 0.29) is 17.6 Å². The topological polar surface area (TPSA) is 55.8 Å². The number of carbonyl (C=O) groups excluding carboxylic acids is 1. The van der Waals surface area contributed by atoms with Crippen molar-refractivity contribution in [1.82, 2.24) is 0 Å². The zero-order valence-electron chi connectivity index (χ0n) is 10.2. The second-order valence-electron chi connectivity index (χ2n) is 4.28. The van der Waals surface area contributed by atoms with Gasteiger partial charge in [-0.3, -0.25) is 4.79 Å². The molecule has 1 aliphatic heterocycles. The standard InChI is InChI=1S/C12H20O4S/c1-2-3-5-9-6-4-7-15-11(14)8-10(13)12(17)16-9/h9-10,13H,2-8H2,1H3. The first-order chi connectivity index (χ1) is 8.13. The van der Waals surface area contributed by atoms with E-state index < -0.39 is 12.1 Å². The SMILES string of the molecule is CCCCC1CCCOC(=O)CC(O)C(=S)O1. The van der Waals surface area contributed by atoms with E-state index in [2.05, 4.69) is 6.92 Å². The van der Waals surface area contributed by atoms with Crippen LogP contribution in [0.3, 0.4) is 0 Å². The number of unbranched alkanes of at least 4 members (excludes halogenated alkanes) is 1. The van der Waals surface area contributed by atoms with Crippen molar-refractivity contribution in [3.63, 3.8) is 0 Å². The first-order valence-corrected chi connectivity index (χ1v) is 6.58. The van der Waals surface area contributed by atoms with Crippen molar-refractivity contribution in [3.05, 3.63) is 0 Å². The summed E-state index contributed by atoms with van der Waals surface area (Å²) in [5.41, 5.74) is 0. The van der Waals surface area contributed by atoms with Gasteiger partial charge in [-0.15, -0.1) is 0 Å². The molecule has 0 aromatic carbocycles. The average molecular weight is 260 g/mol. The van der Waals surface area contributed by atoms with Crippen LogP contribution in [0.25, 0.3) is 0 Å². The fourth-order valence-corrected chi connectivity index (χ4v) is 1.95. The molecule has 1 aliphatic rings. The maximum atomic E-state index is 11.2. The van der Waals surface area contributed by atoms with E-state index in [1.807, 2.05) is 0 Å². The fourth-order valence-electron chi connectivity index (χ4n) is 1.73. The molecule has 17 heavy (non-hydrogen) atoms. The molecule has 4 nitrogen and oxygen atoms in total. The second kappa shape index (κ2) is 7.61. The first kappa shape index (κ1) is 14.4. The van der Waals surface area contributed by atoms with E-state index in [1.165, 1.54) is 0 Å². The Balaban J connectivity index is 2.53. The third-order valence-electron chi connectivity index (χ3n) is 2.73.